The van der Waals surface area contributed by atoms with E-state index >= 15 is 0 Å². The molecule has 2 aliphatic rings. The molecule has 1 N–H and O–H groups in total. The molecular weight excluding hydrogens is 415 g/mol. The number of aromatic nitrogens is 3. The number of nitrogens with one attached hydrogen (secondary N) is 1. The maximum Gasteiger partial charge on any atom is 0.230 e. The van der Waals surface area contributed by atoms with Crippen LogP contribution in [0.3, 0.4) is 0 Å². The number of hydrogen-bond acceptors (Lipinski definition) is 5. The zero-order chi connectivity index (χ0) is 21.8. The van der Waals surface area contributed by atoms with Crippen molar-refractivity contribution in [3.8, 4) is 5.75 Å². The molecule has 2 saturated carbocycles. The molecule has 6 nitrogen and oxygen atoms in total. The summed E-state index contributed by atoms with van der Waals surface area (Å²) in [5, 5.41) is 12.2. The highest BCUT2D eigenvalue weighted by Gasteiger charge is 2.43. The van der Waals surface area contributed by atoms with Gasteiger partial charge in [0.05, 0.1) is 5.75 Å². The zero-order valence-electron chi connectivity index (χ0n) is 17.8. The Morgan fingerprint density at radius 2 is 2.23 bits per heavy atom. The summed E-state index contributed by atoms with van der Waals surface area (Å²) in [7, 11) is 0. The first-order chi connectivity index (χ1) is 15.1. The van der Waals surface area contributed by atoms with E-state index in [1.54, 1.807) is 24.3 Å². The molecule has 1 aromatic heterocycles. The third-order valence-corrected chi connectivity index (χ3v) is 7.47. The van der Waals surface area contributed by atoms with Crippen LogP contribution < -0.4 is 10.1 Å². The van der Waals surface area contributed by atoms with Gasteiger partial charge in [0.2, 0.25) is 5.91 Å². The Labute approximate surface area is 186 Å². The highest BCUT2D eigenvalue weighted by molar-refractivity contribution is 7.99. The van der Waals surface area contributed by atoms with E-state index in [-0.39, 0.29) is 30.1 Å². The lowest BCUT2D eigenvalue weighted by Crippen LogP contribution is -2.26. The van der Waals surface area contributed by atoms with Gasteiger partial charge in [-0.15, -0.1) is 16.8 Å². The summed E-state index contributed by atoms with van der Waals surface area (Å²) < 4.78 is 21.8. The number of fused-ring (bicyclic) bond motifs is 2. The Bertz CT molecular complexity index is 934. The molecule has 8 heteroatoms. The molecule has 2 bridgehead atoms. The third-order valence-electron chi connectivity index (χ3n) is 6.52. The van der Waals surface area contributed by atoms with Crippen LogP contribution in [0.25, 0.3) is 0 Å². The van der Waals surface area contributed by atoms with Crippen LogP contribution in [0, 0.1) is 23.6 Å². The van der Waals surface area contributed by atoms with Gasteiger partial charge in [-0.05, 0) is 56.1 Å². The molecule has 0 saturated heterocycles. The van der Waals surface area contributed by atoms with Crippen LogP contribution >= 0.6 is 11.8 Å². The summed E-state index contributed by atoms with van der Waals surface area (Å²) in [6.07, 6.45) is 6.81. The van der Waals surface area contributed by atoms with Gasteiger partial charge in [0.1, 0.15) is 6.61 Å². The fourth-order valence-corrected chi connectivity index (χ4v) is 5.93. The van der Waals surface area contributed by atoms with Gasteiger partial charge in [-0.25, -0.2) is 4.39 Å². The lowest BCUT2D eigenvalue weighted by molar-refractivity contribution is -0.118. The summed E-state index contributed by atoms with van der Waals surface area (Å²) in [4.78, 5) is 12.1. The first-order valence-electron chi connectivity index (χ1n) is 10.9. The monoisotopic (exact) mass is 444 g/mol. The standard InChI is InChI=1S/C23H29FN4O2S/c1-3-10-25-22(29)14-31-23-27-26-21(13-30-20-7-5-4-6-19(20)24)28(23)15(2)18-12-16-8-9-17(18)11-16/h3-7,15-18H,1,8-14H2,2H3,(H,25,29). The normalized spacial score (nSPS) is 23.0. The first-order valence-corrected chi connectivity index (χ1v) is 11.9. The predicted octanol–water partition coefficient (Wildman–Crippen LogP) is 4.39. The molecule has 4 unspecified atom stereocenters. The van der Waals surface area contributed by atoms with Crippen LogP contribution in [0.1, 0.15) is 44.5 Å². The van der Waals surface area contributed by atoms with Crippen molar-refractivity contribution in [3.05, 3.63) is 48.6 Å². The van der Waals surface area contributed by atoms with E-state index in [9.17, 15) is 9.18 Å². The van der Waals surface area contributed by atoms with Gasteiger partial charge in [0.25, 0.3) is 0 Å². The second-order valence-corrected chi connectivity index (χ2v) is 9.39. The van der Waals surface area contributed by atoms with E-state index in [0.29, 0.717) is 23.4 Å². The van der Waals surface area contributed by atoms with Crippen molar-refractivity contribution in [2.45, 2.75) is 50.4 Å². The van der Waals surface area contributed by atoms with E-state index in [1.165, 1.54) is 43.5 Å². The van der Waals surface area contributed by atoms with Crippen LogP contribution in [-0.4, -0.2) is 33.0 Å². The topological polar surface area (TPSA) is 69.0 Å². The van der Waals surface area contributed by atoms with E-state index in [2.05, 4.69) is 33.6 Å². The number of carbonyl (C=O) groups is 1. The van der Waals surface area contributed by atoms with Crippen molar-refractivity contribution in [3.63, 3.8) is 0 Å². The number of amides is 1. The van der Waals surface area contributed by atoms with Gasteiger partial charge < -0.3 is 10.1 Å². The second kappa shape index (κ2) is 9.85. The smallest absolute Gasteiger partial charge is 0.230 e. The van der Waals surface area contributed by atoms with Gasteiger partial charge in [-0.1, -0.05) is 36.4 Å². The van der Waals surface area contributed by atoms with Gasteiger partial charge in [0.15, 0.2) is 22.5 Å². The first kappa shape index (κ1) is 21.9. The quantitative estimate of drug-likeness (QED) is 0.435. The molecule has 2 aliphatic carbocycles. The summed E-state index contributed by atoms with van der Waals surface area (Å²) in [5.74, 6) is 2.76. The van der Waals surface area contributed by atoms with Gasteiger partial charge >= 0.3 is 0 Å². The van der Waals surface area contributed by atoms with E-state index in [0.717, 1.165) is 11.8 Å². The fourth-order valence-electron chi connectivity index (χ4n) is 5.06. The Morgan fingerprint density at radius 3 is 2.94 bits per heavy atom. The number of nitrogens with zero attached hydrogens (tertiary/aromatic N) is 3. The minimum atomic E-state index is -0.400. The van der Waals surface area contributed by atoms with Gasteiger partial charge in [0, 0.05) is 12.6 Å². The Morgan fingerprint density at radius 1 is 1.39 bits per heavy atom. The maximum absolute atomic E-state index is 14.0. The summed E-state index contributed by atoms with van der Waals surface area (Å²) in [6.45, 7) is 6.40. The molecule has 0 spiro atoms. The highest BCUT2D eigenvalue weighted by Crippen LogP contribution is 2.52. The number of ether oxygens (including phenoxy) is 1. The fraction of sp³-hybridized carbons (Fsp3) is 0.522. The molecule has 31 heavy (non-hydrogen) atoms. The minimum absolute atomic E-state index is 0.0730. The molecule has 1 heterocycles. The van der Waals surface area contributed by atoms with Crippen molar-refractivity contribution in [1.29, 1.82) is 0 Å². The van der Waals surface area contributed by atoms with Crippen molar-refractivity contribution in [2.24, 2.45) is 17.8 Å². The van der Waals surface area contributed by atoms with Crippen LogP contribution in [-0.2, 0) is 11.4 Å². The number of halogens is 1. The number of carbonyl (C=O) groups excluding carboxylic acids is 1. The minimum Gasteiger partial charge on any atom is -0.483 e. The molecule has 0 radical (unpaired) electrons. The Kier molecular flexibility index (Phi) is 6.95. The molecule has 1 aromatic carbocycles. The summed E-state index contributed by atoms with van der Waals surface area (Å²) in [6, 6.07) is 6.55. The molecule has 166 valence electrons. The molecule has 1 amide bonds. The van der Waals surface area contributed by atoms with E-state index < -0.39 is 5.82 Å². The average Bonchev–Trinajstić information content (AvgIpc) is 3.51. The molecule has 4 rings (SSSR count). The highest BCUT2D eigenvalue weighted by atomic mass is 32.2. The molecule has 0 aliphatic heterocycles. The number of benzene rings is 1. The van der Waals surface area contributed by atoms with E-state index in [1.807, 2.05) is 0 Å². The molecular formula is C23H29FN4O2S. The Balaban J connectivity index is 1.52. The average molecular weight is 445 g/mol. The number of rotatable bonds is 10. The lowest BCUT2D eigenvalue weighted by atomic mass is 9.84. The van der Waals surface area contributed by atoms with Crippen molar-refractivity contribution >= 4 is 17.7 Å². The zero-order valence-corrected chi connectivity index (χ0v) is 18.6. The lowest BCUT2D eigenvalue weighted by Gasteiger charge is -2.30. The van der Waals surface area contributed by atoms with Crippen LogP contribution in [0.15, 0.2) is 42.1 Å². The Hall–Kier alpha value is -2.35. The molecule has 2 aromatic rings. The third kappa shape index (κ3) is 4.95. The van der Waals surface area contributed by atoms with Crippen LogP contribution in [0.4, 0.5) is 4.39 Å². The van der Waals surface area contributed by atoms with Gasteiger partial charge in [-0.3, -0.25) is 9.36 Å². The number of para-hydroxylation sites is 1. The van der Waals surface area contributed by atoms with Crippen molar-refractivity contribution in [1.82, 2.24) is 20.1 Å². The van der Waals surface area contributed by atoms with Crippen LogP contribution in [0.5, 0.6) is 5.75 Å². The maximum atomic E-state index is 14.0. The summed E-state index contributed by atoms with van der Waals surface area (Å²) in [5.41, 5.74) is 0. The largest absolute Gasteiger partial charge is 0.483 e. The van der Waals surface area contributed by atoms with Crippen LogP contribution in [0.2, 0.25) is 0 Å². The predicted molar refractivity (Wildman–Crippen MR) is 118 cm³/mol. The molecule has 4 atom stereocenters. The number of hydrogen-bond donors (Lipinski definition) is 1. The number of thioether (sulfide) groups is 1. The van der Waals surface area contributed by atoms with Crippen molar-refractivity contribution in [2.75, 3.05) is 12.3 Å². The van der Waals surface area contributed by atoms with Crippen molar-refractivity contribution < 1.29 is 13.9 Å². The second-order valence-electron chi connectivity index (χ2n) is 8.45. The van der Waals surface area contributed by atoms with Gasteiger partial charge in [-0.2, -0.15) is 0 Å². The molecule has 2 fully saturated rings. The van der Waals surface area contributed by atoms with E-state index in [4.69, 9.17) is 4.74 Å². The summed E-state index contributed by atoms with van der Waals surface area (Å²) >= 11 is 1.37. The SMILES string of the molecule is C=CCNC(=O)CSc1nnc(COc2ccccc2F)n1C(C)C1CC2CCC1C2.